The zero-order valence-corrected chi connectivity index (χ0v) is 10.9. The van der Waals surface area contributed by atoms with Crippen molar-refractivity contribution in [2.24, 2.45) is 5.41 Å². The zero-order valence-electron chi connectivity index (χ0n) is 10.9. The van der Waals surface area contributed by atoms with Crippen LogP contribution in [-0.2, 0) is 4.79 Å². The number of hydrogen-bond donors (Lipinski definition) is 2. The van der Waals surface area contributed by atoms with Gasteiger partial charge in [0.1, 0.15) is 11.5 Å². The lowest BCUT2D eigenvalue weighted by atomic mass is 9.64. The summed E-state index contributed by atoms with van der Waals surface area (Å²) in [5, 5.41) is 12.5. The smallest absolute Gasteiger partial charge is 0.244 e. The van der Waals surface area contributed by atoms with Gasteiger partial charge in [-0.3, -0.25) is 4.79 Å². The van der Waals surface area contributed by atoms with Gasteiger partial charge in [-0.25, -0.2) is 0 Å². The van der Waals surface area contributed by atoms with Gasteiger partial charge >= 0.3 is 0 Å². The van der Waals surface area contributed by atoms with Crippen LogP contribution in [0.5, 0.6) is 0 Å². The zero-order chi connectivity index (χ0) is 13.3. The maximum Gasteiger partial charge on any atom is 0.244 e. The summed E-state index contributed by atoms with van der Waals surface area (Å²) in [6.45, 7) is 5.76. The number of aliphatic hydroxyl groups is 1. The predicted molar refractivity (Wildman–Crippen MR) is 68.8 cm³/mol. The summed E-state index contributed by atoms with van der Waals surface area (Å²) in [4.78, 5) is 11.7. The molecule has 1 aromatic rings. The molecule has 2 atom stereocenters. The van der Waals surface area contributed by atoms with Crippen LogP contribution >= 0.6 is 0 Å². The Bertz CT molecular complexity index is 473. The van der Waals surface area contributed by atoms with E-state index in [2.05, 4.69) is 5.32 Å². The summed E-state index contributed by atoms with van der Waals surface area (Å²) in [5.74, 6) is 1.32. The Balaban J connectivity index is 1.88. The Hall–Kier alpha value is -1.55. The van der Waals surface area contributed by atoms with Gasteiger partial charge in [0.25, 0.3) is 0 Å². The fourth-order valence-corrected chi connectivity index (χ4v) is 2.07. The summed E-state index contributed by atoms with van der Waals surface area (Å²) in [5.41, 5.74) is -0.245. The van der Waals surface area contributed by atoms with Crippen molar-refractivity contribution in [2.45, 2.75) is 39.3 Å². The summed E-state index contributed by atoms with van der Waals surface area (Å²) < 4.78 is 5.33. The van der Waals surface area contributed by atoms with E-state index < -0.39 is 0 Å². The molecule has 0 aliphatic heterocycles. The van der Waals surface area contributed by atoms with Crippen LogP contribution in [0.2, 0.25) is 0 Å². The van der Waals surface area contributed by atoms with E-state index in [9.17, 15) is 9.90 Å². The Kier molecular flexibility index (Phi) is 3.30. The minimum absolute atomic E-state index is 0.0305. The molecule has 1 amide bonds. The van der Waals surface area contributed by atoms with Crippen molar-refractivity contribution in [3.63, 3.8) is 0 Å². The van der Waals surface area contributed by atoms with Crippen molar-refractivity contribution >= 4 is 12.0 Å². The minimum Gasteiger partial charge on any atom is -0.462 e. The first kappa shape index (κ1) is 12.9. The molecule has 98 valence electrons. The van der Waals surface area contributed by atoms with Crippen molar-refractivity contribution < 1.29 is 14.3 Å². The lowest BCUT2D eigenvalue weighted by Gasteiger charge is -2.49. The molecule has 1 heterocycles. The molecule has 0 bridgehead atoms. The monoisotopic (exact) mass is 249 g/mol. The van der Waals surface area contributed by atoms with Crippen molar-refractivity contribution in [3.05, 3.63) is 29.7 Å². The average Bonchev–Trinajstić information content (AvgIpc) is 2.72. The van der Waals surface area contributed by atoms with Gasteiger partial charge < -0.3 is 14.8 Å². The number of nitrogens with one attached hydrogen (secondary N) is 1. The van der Waals surface area contributed by atoms with Crippen LogP contribution in [0.4, 0.5) is 0 Å². The molecule has 1 fully saturated rings. The van der Waals surface area contributed by atoms with Gasteiger partial charge in [0.15, 0.2) is 0 Å². The summed E-state index contributed by atoms with van der Waals surface area (Å²) in [7, 11) is 0. The van der Waals surface area contributed by atoms with Crippen molar-refractivity contribution in [3.8, 4) is 0 Å². The SMILES string of the molecule is Cc1ccc(/C=C/C(=O)NC2CC(O)C2(C)C)o1. The second-order valence-corrected chi connectivity index (χ2v) is 5.42. The van der Waals surface area contributed by atoms with E-state index in [0.29, 0.717) is 12.2 Å². The van der Waals surface area contributed by atoms with Crippen LogP contribution in [0.15, 0.2) is 22.6 Å². The molecule has 0 aromatic carbocycles. The molecule has 4 nitrogen and oxygen atoms in total. The summed E-state index contributed by atoms with van der Waals surface area (Å²) in [6.07, 6.45) is 3.38. The van der Waals surface area contributed by atoms with Gasteiger partial charge in [-0.15, -0.1) is 0 Å². The van der Waals surface area contributed by atoms with Crippen molar-refractivity contribution in [2.75, 3.05) is 0 Å². The molecule has 2 N–H and O–H groups in total. The first-order valence-electron chi connectivity index (χ1n) is 6.12. The third-order valence-corrected chi connectivity index (χ3v) is 3.69. The van der Waals surface area contributed by atoms with Crippen LogP contribution in [0.1, 0.15) is 31.8 Å². The largest absolute Gasteiger partial charge is 0.462 e. The van der Waals surface area contributed by atoms with Gasteiger partial charge in [-0.05, 0) is 31.6 Å². The fraction of sp³-hybridized carbons (Fsp3) is 0.500. The molecule has 0 saturated heterocycles. The second kappa shape index (κ2) is 4.61. The predicted octanol–water partition coefficient (Wildman–Crippen LogP) is 1.88. The molecule has 2 rings (SSSR count). The third kappa shape index (κ3) is 2.48. The highest BCUT2D eigenvalue weighted by Crippen LogP contribution is 2.40. The first-order chi connectivity index (χ1) is 8.39. The number of aryl methyl sites for hydroxylation is 1. The van der Waals surface area contributed by atoms with Crippen LogP contribution in [0.25, 0.3) is 6.08 Å². The maximum atomic E-state index is 11.7. The molecule has 1 saturated carbocycles. The summed E-state index contributed by atoms with van der Waals surface area (Å²) in [6, 6.07) is 3.70. The molecule has 1 aliphatic carbocycles. The van der Waals surface area contributed by atoms with Gasteiger partial charge in [0.2, 0.25) is 5.91 Å². The van der Waals surface area contributed by atoms with E-state index in [0.717, 1.165) is 5.76 Å². The number of aliphatic hydroxyl groups excluding tert-OH is 1. The van der Waals surface area contributed by atoms with Gasteiger partial charge in [0, 0.05) is 17.5 Å². The molecule has 0 radical (unpaired) electrons. The lowest BCUT2D eigenvalue weighted by molar-refractivity contribution is -0.124. The first-order valence-corrected chi connectivity index (χ1v) is 6.12. The molecular weight excluding hydrogens is 230 g/mol. The van der Waals surface area contributed by atoms with E-state index in [1.165, 1.54) is 6.08 Å². The van der Waals surface area contributed by atoms with Gasteiger partial charge in [0.05, 0.1) is 6.10 Å². The Labute approximate surface area is 107 Å². The Morgan fingerprint density at radius 1 is 1.56 bits per heavy atom. The highest BCUT2D eigenvalue weighted by molar-refractivity contribution is 5.91. The fourth-order valence-electron chi connectivity index (χ4n) is 2.07. The number of carbonyl (C=O) groups is 1. The van der Waals surface area contributed by atoms with Crippen molar-refractivity contribution in [1.82, 2.24) is 5.32 Å². The number of rotatable bonds is 3. The van der Waals surface area contributed by atoms with E-state index in [1.807, 2.05) is 32.9 Å². The normalized spacial score (nSPS) is 26.0. The Morgan fingerprint density at radius 3 is 2.78 bits per heavy atom. The second-order valence-electron chi connectivity index (χ2n) is 5.42. The molecule has 4 heteroatoms. The van der Waals surface area contributed by atoms with Crippen molar-refractivity contribution in [1.29, 1.82) is 0 Å². The summed E-state index contributed by atoms with van der Waals surface area (Å²) >= 11 is 0. The third-order valence-electron chi connectivity index (χ3n) is 3.69. The van der Waals surface area contributed by atoms with Crippen LogP contribution < -0.4 is 5.32 Å². The van der Waals surface area contributed by atoms with E-state index >= 15 is 0 Å². The number of furan rings is 1. The maximum absolute atomic E-state index is 11.7. The number of carbonyl (C=O) groups excluding carboxylic acids is 1. The van der Waals surface area contributed by atoms with E-state index in [1.54, 1.807) is 6.08 Å². The molecule has 18 heavy (non-hydrogen) atoms. The highest BCUT2D eigenvalue weighted by atomic mass is 16.3. The number of amides is 1. The van der Waals surface area contributed by atoms with E-state index in [4.69, 9.17) is 4.42 Å². The van der Waals surface area contributed by atoms with Crippen LogP contribution in [0.3, 0.4) is 0 Å². The lowest BCUT2D eigenvalue weighted by Crippen LogP contribution is -2.60. The molecule has 1 aromatic heterocycles. The Morgan fingerprint density at radius 2 is 2.28 bits per heavy atom. The topological polar surface area (TPSA) is 62.5 Å². The van der Waals surface area contributed by atoms with Gasteiger partial charge in [-0.1, -0.05) is 13.8 Å². The highest BCUT2D eigenvalue weighted by Gasteiger charge is 2.47. The quantitative estimate of drug-likeness (QED) is 0.804. The van der Waals surface area contributed by atoms with Crippen LogP contribution in [0, 0.1) is 12.3 Å². The molecule has 2 unspecified atom stereocenters. The van der Waals surface area contributed by atoms with Crippen LogP contribution in [-0.4, -0.2) is 23.2 Å². The van der Waals surface area contributed by atoms with E-state index in [-0.39, 0.29) is 23.5 Å². The average molecular weight is 249 g/mol. The molecule has 1 aliphatic rings. The standard InChI is InChI=1S/C14H19NO3/c1-9-4-5-10(18-9)6-7-13(17)15-11-8-12(16)14(11,2)3/h4-7,11-12,16H,8H2,1-3H3,(H,15,17)/b7-6+. The minimum atomic E-state index is -0.334. The van der Waals surface area contributed by atoms with Gasteiger partial charge in [-0.2, -0.15) is 0 Å². The molecular formula is C14H19NO3. The number of hydrogen-bond acceptors (Lipinski definition) is 3. The molecule has 0 spiro atoms.